The molecule has 2 amide bonds. The summed E-state index contributed by atoms with van der Waals surface area (Å²) in [5.41, 5.74) is 5.87. The van der Waals surface area contributed by atoms with Gasteiger partial charge in [-0.1, -0.05) is 11.8 Å². The van der Waals surface area contributed by atoms with E-state index in [-0.39, 0.29) is 24.0 Å². The zero-order chi connectivity index (χ0) is 18.2. The van der Waals surface area contributed by atoms with Crippen molar-refractivity contribution in [3.63, 3.8) is 0 Å². The molecule has 0 aliphatic rings. The quantitative estimate of drug-likeness (QED) is 0.652. The van der Waals surface area contributed by atoms with E-state index < -0.39 is 0 Å². The molecule has 0 unspecified atom stereocenters. The van der Waals surface area contributed by atoms with E-state index >= 15 is 0 Å². The fourth-order valence-corrected chi connectivity index (χ4v) is 2.99. The summed E-state index contributed by atoms with van der Waals surface area (Å²) in [6, 6.07) is 7.11. The second-order valence-electron chi connectivity index (χ2n) is 5.17. The molecular weight excluding hydrogens is 342 g/mol. The van der Waals surface area contributed by atoms with Crippen LogP contribution in [0, 0.1) is 0 Å². The minimum atomic E-state index is -0.376. The van der Waals surface area contributed by atoms with E-state index in [4.69, 9.17) is 10.5 Å². The van der Waals surface area contributed by atoms with Crippen LogP contribution in [-0.4, -0.2) is 39.4 Å². The van der Waals surface area contributed by atoms with Crippen LogP contribution in [0.2, 0.25) is 0 Å². The number of ether oxygens (including phenoxy) is 1. The second-order valence-corrected chi connectivity index (χ2v) is 6.12. The van der Waals surface area contributed by atoms with Crippen molar-refractivity contribution in [2.75, 3.05) is 18.2 Å². The summed E-state index contributed by atoms with van der Waals surface area (Å²) < 4.78 is 6.96. The Balaban J connectivity index is 1.91. The Kier molecular flexibility index (Phi) is 6.81. The number of rotatable bonds is 9. The van der Waals surface area contributed by atoms with Gasteiger partial charge in [0, 0.05) is 25.1 Å². The maximum Gasteiger partial charge on any atom is 0.234 e. The summed E-state index contributed by atoms with van der Waals surface area (Å²) in [5.74, 6) is 1.12. The van der Waals surface area contributed by atoms with Crippen molar-refractivity contribution in [3.8, 4) is 5.75 Å². The summed E-state index contributed by atoms with van der Waals surface area (Å²) in [6.45, 7) is 2.61. The molecule has 0 aliphatic carbocycles. The molecule has 9 heteroatoms. The van der Waals surface area contributed by atoms with Crippen LogP contribution < -0.4 is 15.8 Å². The summed E-state index contributed by atoms with van der Waals surface area (Å²) in [5, 5.41) is 11.6. The van der Waals surface area contributed by atoms with Crippen LogP contribution in [0.3, 0.4) is 0 Å². The molecule has 0 fully saturated rings. The number of hydrogen-bond acceptors (Lipinski definition) is 6. The van der Waals surface area contributed by atoms with Gasteiger partial charge in [-0.2, -0.15) is 0 Å². The summed E-state index contributed by atoms with van der Waals surface area (Å²) in [7, 11) is 1.59. The number of nitrogens with two attached hydrogens (primary N) is 1. The molecule has 25 heavy (non-hydrogen) atoms. The number of methoxy groups -OCH3 is 1. The maximum absolute atomic E-state index is 12.1. The van der Waals surface area contributed by atoms with E-state index in [0.717, 1.165) is 5.75 Å². The van der Waals surface area contributed by atoms with Gasteiger partial charge in [0.15, 0.2) is 5.16 Å². The van der Waals surface area contributed by atoms with Gasteiger partial charge in [0.2, 0.25) is 11.8 Å². The fourth-order valence-electron chi connectivity index (χ4n) is 2.16. The van der Waals surface area contributed by atoms with Crippen LogP contribution in [0.1, 0.15) is 19.2 Å². The highest BCUT2D eigenvalue weighted by Gasteiger charge is 2.13. The van der Waals surface area contributed by atoms with Crippen LogP contribution in [0.5, 0.6) is 5.75 Å². The van der Waals surface area contributed by atoms with Crippen LogP contribution in [0.25, 0.3) is 0 Å². The highest BCUT2D eigenvalue weighted by Crippen LogP contribution is 2.19. The van der Waals surface area contributed by atoms with Crippen molar-refractivity contribution < 1.29 is 14.3 Å². The largest absolute Gasteiger partial charge is 0.497 e. The number of aromatic nitrogens is 3. The Morgan fingerprint density at radius 1 is 1.28 bits per heavy atom. The summed E-state index contributed by atoms with van der Waals surface area (Å²) in [6.07, 6.45) is 0.662. The van der Waals surface area contributed by atoms with E-state index in [2.05, 4.69) is 15.5 Å². The van der Waals surface area contributed by atoms with Gasteiger partial charge in [-0.15, -0.1) is 10.2 Å². The molecule has 1 heterocycles. The van der Waals surface area contributed by atoms with Crippen molar-refractivity contribution in [1.82, 2.24) is 14.8 Å². The molecule has 0 aliphatic heterocycles. The average Bonchev–Trinajstić information content (AvgIpc) is 3.00. The standard InChI is InChI=1S/C16H21N5O3S/c1-3-21-14(9-8-13(17)22)19-20-16(21)25-10-15(23)18-11-4-6-12(24-2)7-5-11/h4-7H,3,8-10H2,1-2H3,(H2,17,22)(H,18,23). The zero-order valence-corrected chi connectivity index (χ0v) is 15.0. The third kappa shape index (κ3) is 5.49. The fraction of sp³-hybridized carbons (Fsp3) is 0.375. The van der Waals surface area contributed by atoms with Gasteiger partial charge in [-0.3, -0.25) is 9.59 Å². The first-order valence-corrected chi connectivity index (χ1v) is 8.79. The predicted molar refractivity (Wildman–Crippen MR) is 95.6 cm³/mol. The average molecular weight is 363 g/mol. The number of carbonyl (C=O) groups is 2. The Morgan fingerprint density at radius 3 is 2.60 bits per heavy atom. The highest BCUT2D eigenvalue weighted by atomic mass is 32.2. The molecule has 134 valence electrons. The molecular formula is C16H21N5O3S. The lowest BCUT2D eigenvalue weighted by Gasteiger charge is -2.08. The smallest absolute Gasteiger partial charge is 0.234 e. The molecule has 2 aromatic rings. The number of benzene rings is 1. The van der Waals surface area contributed by atoms with E-state index in [0.29, 0.717) is 29.6 Å². The third-order valence-electron chi connectivity index (χ3n) is 3.41. The molecule has 8 nitrogen and oxygen atoms in total. The minimum absolute atomic E-state index is 0.139. The zero-order valence-electron chi connectivity index (χ0n) is 14.2. The van der Waals surface area contributed by atoms with E-state index in [9.17, 15) is 9.59 Å². The van der Waals surface area contributed by atoms with E-state index in [1.165, 1.54) is 11.8 Å². The predicted octanol–water partition coefficient (Wildman–Crippen LogP) is 1.46. The monoisotopic (exact) mass is 363 g/mol. The molecule has 0 saturated heterocycles. The molecule has 1 aromatic carbocycles. The van der Waals surface area contributed by atoms with Crippen LogP contribution >= 0.6 is 11.8 Å². The normalized spacial score (nSPS) is 10.5. The second kappa shape index (κ2) is 9.07. The van der Waals surface area contributed by atoms with Crippen LogP contribution in [0.4, 0.5) is 5.69 Å². The number of nitrogens with one attached hydrogen (secondary N) is 1. The Hall–Kier alpha value is -2.55. The van der Waals surface area contributed by atoms with E-state index in [1.54, 1.807) is 31.4 Å². The number of primary amides is 1. The van der Waals surface area contributed by atoms with Gasteiger partial charge in [0.05, 0.1) is 12.9 Å². The number of nitrogens with zero attached hydrogens (tertiary/aromatic N) is 3. The number of carbonyl (C=O) groups excluding carboxylic acids is 2. The van der Waals surface area contributed by atoms with Crippen molar-refractivity contribution in [2.24, 2.45) is 5.73 Å². The third-order valence-corrected chi connectivity index (χ3v) is 4.38. The Bertz CT molecular complexity index is 730. The minimum Gasteiger partial charge on any atom is -0.497 e. The topological polar surface area (TPSA) is 112 Å². The van der Waals surface area contributed by atoms with Gasteiger partial charge < -0.3 is 20.4 Å². The molecule has 1 aromatic heterocycles. The van der Waals surface area contributed by atoms with Crippen molar-refractivity contribution >= 4 is 29.3 Å². The number of anilines is 1. The van der Waals surface area contributed by atoms with Gasteiger partial charge in [-0.05, 0) is 31.2 Å². The lowest BCUT2D eigenvalue weighted by molar-refractivity contribution is -0.118. The van der Waals surface area contributed by atoms with Gasteiger partial charge >= 0.3 is 0 Å². The SMILES string of the molecule is CCn1c(CCC(N)=O)nnc1SCC(=O)Nc1ccc(OC)cc1. The molecule has 0 saturated carbocycles. The molecule has 2 rings (SSSR count). The number of amides is 2. The summed E-state index contributed by atoms with van der Waals surface area (Å²) in [4.78, 5) is 23.0. The molecule has 0 bridgehead atoms. The van der Waals surface area contributed by atoms with Crippen LogP contribution in [-0.2, 0) is 22.6 Å². The lowest BCUT2D eigenvalue weighted by Crippen LogP contribution is -2.15. The number of aryl methyl sites for hydroxylation is 1. The summed E-state index contributed by atoms with van der Waals surface area (Å²) >= 11 is 1.30. The van der Waals surface area contributed by atoms with Gasteiger partial charge in [0.1, 0.15) is 11.6 Å². The first kappa shape index (κ1) is 18.8. The number of thioether (sulfide) groups is 1. The first-order valence-electron chi connectivity index (χ1n) is 7.80. The molecule has 0 radical (unpaired) electrons. The van der Waals surface area contributed by atoms with Crippen molar-refractivity contribution in [1.29, 1.82) is 0 Å². The van der Waals surface area contributed by atoms with Crippen molar-refractivity contribution in [3.05, 3.63) is 30.1 Å². The Labute approximate surface area is 150 Å². The first-order chi connectivity index (χ1) is 12.0. The van der Waals surface area contributed by atoms with Crippen LogP contribution in [0.15, 0.2) is 29.4 Å². The lowest BCUT2D eigenvalue weighted by atomic mass is 10.3. The number of hydrogen-bond donors (Lipinski definition) is 2. The molecule has 0 spiro atoms. The molecule has 3 N–H and O–H groups in total. The maximum atomic E-state index is 12.1. The molecule has 0 atom stereocenters. The van der Waals surface area contributed by atoms with Crippen molar-refractivity contribution in [2.45, 2.75) is 31.5 Å². The Morgan fingerprint density at radius 2 is 2.00 bits per heavy atom. The highest BCUT2D eigenvalue weighted by molar-refractivity contribution is 7.99. The van der Waals surface area contributed by atoms with E-state index in [1.807, 2.05) is 11.5 Å². The van der Waals surface area contributed by atoms with Gasteiger partial charge in [0.25, 0.3) is 0 Å². The van der Waals surface area contributed by atoms with Gasteiger partial charge in [-0.25, -0.2) is 0 Å².